The van der Waals surface area contributed by atoms with Gasteiger partial charge in [0.25, 0.3) is 11.5 Å². The van der Waals surface area contributed by atoms with Crippen molar-refractivity contribution in [2.24, 2.45) is 7.05 Å². The Hall–Kier alpha value is -4.19. The molecule has 0 aliphatic heterocycles. The van der Waals surface area contributed by atoms with Crippen LogP contribution in [0.15, 0.2) is 58.0 Å². The zero-order valence-corrected chi connectivity index (χ0v) is 20.0. The van der Waals surface area contributed by atoms with Crippen LogP contribution in [0.25, 0.3) is 16.9 Å². The number of nitrogens with zero attached hydrogens (tertiary/aromatic N) is 4. The van der Waals surface area contributed by atoms with Crippen molar-refractivity contribution in [2.75, 3.05) is 6.61 Å². The summed E-state index contributed by atoms with van der Waals surface area (Å²) in [6, 6.07) is 9.07. The van der Waals surface area contributed by atoms with Crippen LogP contribution in [0.5, 0.6) is 0 Å². The summed E-state index contributed by atoms with van der Waals surface area (Å²) in [4.78, 5) is 26.6. The Bertz CT molecular complexity index is 1490. The maximum Gasteiger partial charge on any atom is 0.416 e. The van der Waals surface area contributed by atoms with Crippen molar-refractivity contribution in [3.8, 4) is 16.9 Å². The molecule has 1 amide bonds. The van der Waals surface area contributed by atoms with Crippen molar-refractivity contribution in [3.63, 3.8) is 0 Å². The van der Waals surface area contributed by atoms with E-state index in [-0.39, 0.29) is 24.4 Å². The van der Waals surface area contributed by atoms with E-state index >= 15 is 0 Å². The van der Waals surface area contributed by atoms with Crippen molar-refractivity contribution in [1.82, 2.24) is 24.8 Å². The number of aromatic nitrogens is 4. The minimum atomic E-state index is -4.61. The number of carbonyl (C=O) groups is 1. The molecule has 0 unspecified atom stereocenters. The van der Waals surface area contributed by atoms with Gasteiger partial charge in [-0.15, -0.1) is 0 Å². The molecular formula is C25H24F3N5O4. The van der Waals surface area contributed by atoms with E-state index in [9.17, 15) is 22.8 Å². The molecule has 0 bridgehead atoms. The van der Waals surface area contributed by atoms with Gasteiger partial charge < -0.3 is 14.9 Å². The van der Waals surface area contributed by atoms with Gasteiger partial charge in [0, 0.05) is 42.9 Å². The topological polar surface area (TPSA) is 115 Å². The van der Waals surface area contributed by atoms with Crippen LogP contribution in [0.1, 0.15) is 39.5 Å². The van der Waals surface area contributed by atoms with Gasteiger partial charge in [-0.2, -0.15) is 18.3 Å². The zero-order chi connectivity index (χ0) is 26.7. The molecule has 4 aromatic rings. The number of alkyl halides is 3. The van der Waals surface area contributed by atoms with Crippen LogP contribution in [0.2, 0.25) is 0 Å². The Labute approximate surface area is 209 Å². The number of hydrogen-bond donors (Lipinski definition) is 2. The van der Waals surface area contributed by atoms with Gasteiger partial charge in [-0.05, 0) is 50.1 Å². The maximum atomic E-state index is 13.5. The molecule has 0 radical (unpaired) electrons. The van der Waals surface area contributed by atoms with E-state index in [1.54, 1.807) is 26.1 Å². The van der Waals surface area contributed by atoms with Gasteiger partial charge in [-0.3, -0.25) is 18.8 Å². The predicted octanol–water partition coefficient (Wildman–Crippen LogP) is 3.41. The summed E-state index contributed by atoms with van der Waals surface area (Å²) in [6.07, 6.45) is -2.07. The summed E-state index contributed by atoms with van der Waals surface area (Å²) >= 11 is 0. The normalized spacial score (nSPS) is 11.6. The van der Waals surface area contributed by atoms with Gasteiger partial charge in [0.05, 0.1) is 23.5 Å². The van der Waals surface area contributed by atoms with Gasteiger partial charge in [-0.1, -0.05) is 11.2 Å². The molecular weight excluding hydrogens is 491 g/mol. The van der Waals surface area contributed by atoms with E-state index in [1.807, 2.05) is 0 Å². The summed E-state index contributed by atoms with van der Waals surface area (Å²) in [5.74, 6) is -0.388. The number of halogens is 3. The lowest BCUT2D eigenvalue weighted by Gasteiger charge is -2.18. The van der Waals surface area contributed by atoms with Gasteiger partial charge in [0.2, 0.25) is 0 Å². The summed E-state index contributed by atoms with van der Waals surface area (Å²) in [5, 5.41) is 19.5. The highest BCUT2D eigenvalue weighted by Gasteiger charge is 2.31. The van der Waals surface area contributed by atoms with E-state index in [1.165, 1.54) is 29.1 Å². The largest absolute Gasteiger partial charge is 0.416 e. The first kappa shape index (κ1) is 25.9. The standard InChI is InChI=1S/C25H24F3N5O4/c1-15-20(22-8-9-30-32(22)2)13-21(23(35)29-14-19-12-17(31-37-19)6-4-10-34)24(36)33(15)18-7-3-5-16(11-18)25(26,27)28/h3,5,7-9,11-13,34H,4,6,10,14H2,1-2H3,(H,29,35). The number of aryl methyl sites for hydroxylation is 2. The second kappa shape index (κ2) is 10.4. The quantitative estimate of drug-likeness (QED) is 0.372. The Morgan fingerprint density at radius 1 is 1.19 bits per heavy atom. The number of carbonyl (C=O) groups excluding carboxylic acids is 1. The van der Waals surface area contributed by atoms with Crippen molar-refractivity contribution in [2.45, 2.75) is 32.5 Å². The van der Waals surface area contributed by atoms with Crippen molar-refractivity contribution < 1.29 is 27.6 Å². The van der Waals surface area contributed by atoms with Crippen molar-refractivity contribution >= 4 is 5.91 Å². The van der Waals surface area contributed by atoms with Crippen molar-refractivity contribution in [1.29, 1.82) is 0 Å². The second-order valence-corrected chi connectivity index (χ2v) is 8.38. The average Bonchev–Trinajstić information content (AvgIpc) is 3.50. The Morgan fingerprint density at radius 3 is 2.65 bits per heavy atom. The molecule has 0 fully saturated rings. The minimum Gasteiger partial charge on any atom is -0.396 e. The summed E-state index contributed by atoms with van der Waals surface area (Å²) in [5.41, 5.74) is -0.0215. The molecule has 0 atom stereocenters. The van der Waals surface area contributed by atoms with E-state index in [4.69, 9.17) is 9.63 Å². The molecule has 194 valence electrons. The van der Waals surface area contributed by atoms with Gasteiger partial charge in [-0.25, -0.2) is 0 Å². The predicted molar refractivity (Wildman–Crippen MR) is 127 cm³/mol. The zero-order valence-electron chi connectivity index (χ0n) is 20.0. The molecule has 0 saturated heterocycles. The fourth-order valence-corrected chi connectivity index (χ4v) is 3.98. The lowest BCUT2D eigenvalue weighted by atomic mass is 10.1. The van der Waals surface area contributed by atoms with E-state index < -0.39 is 23.2 Å². The molecule has 0 aliphatic carbocycles. The van der Waals surface area contributed by atoms with Crippen LogP contribution in [0.4, 0.5) is 13.2 Å². The molecule has 4 rings (SSSR count). The fourth-order valence-electron chi connectivity index (χ4n) is 3.98. The number of benzene rings is 1. The fraction of sp³-hybridized carbons (Fsp3) is 0.280. The van der Waals surface area contributed by atoms with Crippen LogP contribution >= 0.6 is 0 Å². The van der Waals surface area contributed by atoms with Gasteiger partial charge in [0.1, 0.15) is 5.56 Å². The molecule has 37 heavy (non-hydrogen) atoms. The molecule has 0 aliphatic rings. The molecule has 0 saturated carbocycles. The Balaban J connectivity index is 1.76. The number of pyridine rings is 1. The van der Waals surface area contributed by atoms with Crippen LogP contribution in [0, 0.1) is 6.92 Å². The molecule has 2 N–H and O–H groups in total. The van der Waals surface area contributed by atoms with E-state index in [0.717, 1.165) is 16.7 Å². The molecule has 9 nitrogen and oxygen atoms in total. The number of hydrogen-bond acceptors (Lipinski definition) is 6. The third kappa shape index (κ3) is 5.48. The third-order valence-corrected chi connectivity index (χ3v) is 5.84. The number of aliphatic hydroxyl groups excluding tert-OH is 1. The van der Waals surface area contributed by atoms with Crippen LogP contribution in [-0.4, -0.2) is 37.1 Å². The van der Waals surface area contributed by atoms with E-state index in [2.05, 4.69) is 15.6 Å². The highest BCUT2D eigenvalue weighted by molar-refractivity contribution is 5.95. The first-order valence-corrected chi connectivity index (χ1v) is 11.4. The van der Waals surface area contributed by atoms with Crippen LogP contribution in [0.3, 0.4) is 0 Å². The number of nitrogens with one attached hydrogen (secondary N) is 1. The molecule has 1 aromatic carbocycles. The number of amides is 1. The molecule has 3 aromatic heterocycles. The van der Waals surface area contributed by atoms with Gasteiger partial charge in [0.15, 0.2) is 5.76 Å². The summed E-state index contributed by atoms with van der Waals surface area (Å²) in [6.45, 7) is 1.53. The number of rotatable bonds is 8. The monoisotopic (exact) mass is 515 g/mol. The van der Waals surface area contributed by atoms with E-state index in [0.29, 0.717) is 41.2 Å². The first-order chi connectivity index (χ1) is 17.6. The average molecular weight is 515 g/mol. The highest BCUT2D eigenvalue weighted by atomic mass is 19.4. The lowest BCUT2D eigenvalue weighted by molar-refractivity contribution is -0.137. The first-order valence-electron chi connectivity index (χ1n) is 11.4. The highest BCUT2D eigenvalue weighted by Crippen LogP contribution is 2.31. The third-order valence-electron chi connectivity index (χ3n) is 5.84. The molecule has 3 heterocycles. The molecule has 12 heteroatoms. The smallest absolute Gasteiger partial charge is 0.396 e. The Kier molecular flexibility index (Phi) is 7.30. The lowest BCUT2D eigenvalue weighted by Crippen LogP contribution is -2.33. The molecule has 0 spiro atoms. The summed E-state index contributed by atoms with van der Waals surface area (Å²) in [7, 11) is 1.67. The minimum absolute atomic E-state index is 0.00348. The van der Waals surface area contributed by atoms with Crippen molar-refractivity contribution in [3.05, 3.63) is 87.3 Å². The van der Waals surface area contributed by atoms with Crippen LogP contribution in [-0.2, 0) is 26.2 Å². The second-order valence-electron chi connectivity index (χ2n) is 8.38. The maximum absolute atomic E-state index is 13.5. The van der Waals surface area contributed by atoms with Crippen LogP contribution < -0.4 is 10.9 Å². The SMILES string of the molecule is Cc1c(-c2ccnn2C)cc(C(=O)NCc2cc(CCCO)no2)c(=O)n1-c1cccc(C(F)(F)F)c1. The Morgan fingerprint density at radius 2 is 1.97 bits per heavy atom. The number of aliphatic hydroxyl groups is 1. The van der Waals surface area contributed by atoms with Gasteiger partial charge >= 0.3 is 6.18 Å². The summed E-state index contributed by atoms with van der Waals surface area (Å²) < 4.78 is 48.0.